The molecule has 2 N–H and O–H groups in total. The van der Waals surface area contributed by atoms with Gasteiger partial charge >= 0.3 is 0 Å². The Kier molecular flexibility index (Phi) is 4.08. The van der Waals surface area contributed by atoms with E-state index in [4.69, 9.17) is 11.6 Å². The predicted octanol–water partition coefficient (Wildman–Crippen LogP) is 2.30. The van der Waals surface area contributed by atoms with Crippen molar-refractivity contribution in [1.82, 2.24) is 5.32 Å². The zero-order chi connectivity index (χ0) is 11.5. The predicted molar refractivity (Wildman–Crippen MR) is 59.5 cm³/mol. The van der Waals surface area contributed by atoms with E-state index in [0.29, 0.717) is 18.0 Å². The number of aliphatic hydroxyl groups is 1. The van der Waals surface area contributed by atoms with E-state index in [1.54, 1.807) is 20.0 Å². The average molecular weight is 232 g/mol. The molecule has 0 bridgehead atoms. The third-order valence-corrected chi connectivity index (χ3v) is 2.61. The van der Waals surface area contributed by atoms with Gasteiger partial charge in [-0.2, -0.15) is 0 Å². The third kappa shape index (κ3) is 3.16. The van der Waals surface area contributed by atoms with Crippen molar-refractivity contribution in [2.45, 2.75) is 18.9 Å². The van der Waals surface area contributed by atoms with Gasteiger partial charge in [-0.05, 0) is 39.1 Å². The van der Waals surface area contributed by atoms with E-state index in [1.165, 1.54) is 12.1 Å². The van der Waals surface area contributed by atoms with Gasteiger partial charge < -0.3 is 10.4 Å². The molecule has 1 rings (SSSR count). The summed E-state index contributed by atoms with van der Waals surface area (Å²) in [6, 6.07) is 4.31. The molecule has 0 amide bonds. The minimum absolute atomic E-state index is 0.280. The molecule has 0 heterocycles. The lowest BCUT2D eigenvalue weighted by Gasteiger charge is -2.24. The van der Waals surface area contributed by atoms with Crippen LogP contribution < -0.4 is 5.32 Å². The molecule has 0 fully saturated rings. The molecule has 0 saturated heterocycles. The van der Waals surface area contributed by atoms with Crippen LogP contribution in [0.15, 0.2) is 18.2 Å². The van der Waals surface area contributed by atoms with Crippen LogP contribution in [-0.2, 0) is 5.60 Å². The first-order chi connectivity index (χ1) is 6.97. The molecule has 0 aliphatic rings. The Morgan fingerprint density at radius 1 is 1.53 bits per heavy atom. The summed E-state index contributed by atoms with van der Waals surface area (Å²) in [5, 5.41) is 13.3. The summed E-state index contributed by atoms with van der Waals surface area (Å²) in [5.74, 6) is -0.469. The summed E-state index contributed by atoms with van der Waals surface area (Å²) in [5.41, 5.74) is -0.889. The second-order valence-electron chi connectivity index (χ2n) is 3.75. The van der Waals surface area contributed by atoms with Crippen molar-refractivity contribution in [3.63, 3.8) is 0 Å². The molecule has 0 aliphatic carbocycles. The van der Waals surface area contributed by atoms with Gasteiger partial charge in [-0.3, -0.25) is 0 Å². The van der Waals surface area contributed by atoms with Crippen molar-refractivity contribution in [3.05, 3.63) is 34.6 Å². The van der Waals surface area contributed by atoms with Crippen LogP contribution in [0.2, 0.25) is 5.02 Å². The van der Waals surface area contributed by atoms with Crippen molar-refractivity contribution in [2.75, 3.05) is 13.6 Å². The zero-order valence-corrected chi connectivity index (χ0v) is 9.61. The van der Waals surface area contributed by atoms with Crippen LogP contribution in [-0.4, -0.2) is 18.7 Å². The molecular weight excluding hydrogens is 217 g/mol. The molecule has 1 atom stereocenters. The third-order valence-electron chi connectivity index (χ3n) is 2.37. The number of halogens is 2. The highest BCUT2D eigenvalue weighted by atomic mass is 35.5. The molecule has 0 radical (unpaired) electrons. The highest BCUT2D eigenvalue weighted by Gasteiger charge is 2.25. The number of nitrogens with one attached hydrogen (secondary N) is 1. The topological polar surface area (TPSA) is 32.3 Å². The summed E-state index contributed by atoms with van der Waals surface area (Å²) < 4.78 is 13.5. The fourth-order valence-electron chi connectivity index (χ4n) is 1.43. The van der Waals surface area contributed by atoms with Crippen LogP contribution >= 0.6 is 11.6 Å². The first kappa shape index (κ1) is 12.4. The number of benzene rings is 1. The Balaban J connectivity index is 2.93. The van der Waals surface area contributed by atoms with E-state index in [0.717, 1.165) is 0 Å². The Morgan fingerprint density at radius 3 is 2.73 bits per heavy atom. The molecule has 0 spiro atoms. The second kappa shape index (κ2) is 4.92. The van der Waals surface area contributed by atoms with Gasteiger partial charge in [-0.15, -0.1) is 0 Å². The van der Waals surface area contributed by atoms with E-state index >= 15 is 0 Å². The molecule has 0 aliphatic heterocycles. The molecule has 0 saturated carbocycles. The van der Waals surface area contributed by atoms with Gasteiger partial charge in [0.1, 0.15) is 5.82 Å². The molecule has 1 aromatic rings. The Hall–Kier alpha value is -0.640. The minimum Gasteiger partial charge on any atom is -0.385 e. The second-order valence-corrected chi connectivity index (χ2v) is 4.19. The summed E-state index contributed by atoms with van der Waals surface area (Å²) in [6.45, 7) is 2.21. The maximum Gasteiger partial charge on any atom is 0.130 e. The van der Waals surface area contributed by atoms with Crippen molar-refractivity contribution in [3.8, 4) is 0 Å². The highest BCUT2D eigenvalue weighted by Crippen LogP contribution is 2.28. The standard InChI is InChI=1S/C11H15ClFNO/c1-11(15,5-6-14-2)9-4-3-8(12)7-10(9)13/h3-4,7,14-15H,5-6H2,1-2H3. The molecule has 0 aromatic heterocycles. The van der Waals surface area contributed by atoms with Crippen LogP contribution in [0.1, 0.15) is 18.9 Å². The molecule has 1 unspecified atom stereocenters. The lowest BCUT2D eigenvalue weighted by atomic mass is 9.92. The van der Waals surface area contributed by atoms with E-state index < -0.39 is 11.4 Å². The zero-order valence-electron chi connectivity index (χ0n) is 8.85. The van der Waals surface area contributed by atoms with Gasteiger partial charge in [0.05, 0.1) is 5.60 Å². The van der Waals surface area contributed by atoms with Crippen LogP contribution in [0.5, 0.6) is 0 Å². The van der Waals surface area contributed by atoms with Crippen molar-refractivity contribution >= 4 is 11.6 Å². The van der Waals surface area contributed by atoms with E-state index in [-0.39, 0.29) is 5.56 Å². The molecule has 1 aromatic carbocycles. The molecule has 15 heavy (non-hydrogen) atoms. The van der Waals surface area contributed by atoms with Crippen LogP contribution in [0.25, 0.3) is 0 Å². The Bertz CT molecular complexity index is 341. The lowest BCUT2D eigenvalue weighted by molar-refractivity contribution is 0.0448. The van der Waals surface area contributed by atoms with E-state index in [1.807, 2.05) is 0 Å². The smallest absolute Gasteiger partial charge is 0.130 e. The summed E-state index contributed by atoms with van der Waals surface area (Å²) >= 11 is 5.64. The lowest BCUT2D eigenvalue weighted by Crippen LogP contribution is -2.27. The number of hydrogen-bond acceptors (Lipinski definition) is 2. The summed E-state index contributed by atoms with van der Waals surface area (Å²) in [6.07, 6.45) is 0.446. The normalized spacial score (nSPS) is 15.0. The summed E-state index contributed by atoms with van der Waals surface area (Å²) in [7, 11) is 1.79. The maximum absolute atomic E-state index is 13.5. The van der Waals surface area contributed by atoms with Crippen LogP contribution in [0, 0.1) is 5.82 Å². The first-order valence-corrected chi connectivity index (χ1v) is 5.17. The number of rotatable bonds is 4. The maximum atomic E-state index is 13.5. The van der Waals surface area contributed by atoms with Gasteiger partial charge in [-0.1, -0.05) is 17.7 Å². The minimum atomic E-state index is -1.17. The summed E-state index contributed by atoms with van der Waals surface area (Å²) in [4.78, 5) is 0. The SMILES string of the molecule is CNCCC(C)(O)c1ccc(Cl)cc1F. The van der Waals surface area contributed by atoms with Crippen molar-refractivity contribution < 1.29 is 9.50 Å². The van der Waals surface area contributed by atoms with E-state index in [9.17, 15) is 9.50 Å². The number of hydrogen-bond donors (Lipinski definition) is 2. The Morgan fingerprint density at radius 2 is 2.20 bits per heavy atom. The van der Waals surface area contributed by atoms with Gasteiger partial charge in [-0.25, -0.2) is 4.39 Å². The monoisotopic (exact) mass is 231 g/mol. The van der Waals surface area contributed by atoms with E-state index in [2.05, 4.69) is 5.32 Å². The molecule has 4 heteroatoms. The molecule has 84 valence electrons. The molecular formula is C11H15ClFNO. The van der Waals surface area contributed by atoms with Gasteiger partial charge in [0.15, 0.2) is 0 Å². The highest BCUT2D eigenvalue weighted by molar-refractivity contribution is 6.30. The quantitative estimate of drug-likeness (QED) is 0.834. The van der Waals surface area contributed by atoms with Crippen molar-refractivity contribution in [2.24, 2.45) is 0 Å². The fraction of sp³-hybridized carbons (Fsp3) is 0.455. The Labute approximate surface area is 94.1 Å². The average Bonchev–Trinajstić information content (AvgIpc) is 2.14. The van der Waals surface area contributed by atoms with Crippen LogP contribution in [0.4, 0.5) is 4.39 Å². The van der Waals surface area contributed by atoms with Crippen LogP contribution in [0.3, 0.4) is 0 Å². The van der Waals surface area contributed by atoms with Crippen molar-refractivity contribution in [1.29, 1.82) is 0 Å². The van der Waals surface area contributed by atoms with Gasteiger partial charge in [0, 0.05) is 10.6 Å². The largest absolute Gasteiger partial charge is 0.385 e. The molecule has 2 nitrogen and oxygen atoms in total. The van der Waals surface area contributed by atoms with Gasteiger partial charge in [0.25, 0.3) is 0 Å². The van der Waals surface area contributed by atoms with Gasteiger partial charge in [0.2, 0.25) is 0 Å². The first-order valence-electron chi connectivity index (χ1n) is 4.80. The fourth-order valence-corrected chi connectivity index (χ4v) is 1.59.